The number of aryl methyl sites for hydroxylation is 1. The lowest BCUT2D eigenvalue weighted by Gasteiger charge is -2.25. The van der Waals surface area contributed by atoms with Crippen LogP contribution in [0.25, 0.3) is 0 Å². The molecule has 2 aromatic rings. The van der Waals surface area contributed by atoms with E-state index in [1.54, 1.807) is 40.3 Å². The standard InChI is InChI=1S/C23H30N2O3S2/c1-19-5-7-20(8-6-19)17-29-16-13-24-23(26)22-11-9-21(10-12-22)18-30(27,28)25-14-3-2-4-15-25/h5-12H,2-4,13-18H2,1H3,(H,24,26). The molecule has 1 aliphatic rings. The number of benzene rings is 2. The lowest BCUT2D eigenvalue weighted by molar-refractivity contribution is 0.0956. The summed E-state index contributed by atoms with van der Waals surface area (Å²) in [7, 11) is -3.29. The molecule has 0 bridgehead atoms. The quantitative estimate of drug-likeness (QED) is 0.592. The van der Waals surface area contributed by atoms with Crippen molar-refractivity contribution in [1.82, 2.24) is 9.62 Å². The topological polar surface area (TPSA) is 66.5 Å². The number of hydrogen-bond donors (Lipinski definition) is 1. The van der Waals surface area contributed by atoms with E-state index in [2.05, 4.69) is 36.5 Å². The third-order valence-electron chi connectivity index (χ3n) is 5.19. The fourth-order valence-corrected chi connectivity index (χ4v) is 5.84. The first-order chi connectivity index (χ1) is 14.4. The summed E-state index contributed by atoms with van der Waals surface area (Å²) in [6.45, 7) is 3.91. The molecule has 3 rings (SSSR count). The van der Waals surface area contributed by atoms with Gasteiger partial charge < -0.3 is 5.32 Å². The van der Waals surface area contributed by atoms with Crippen molar-refractivity contribution < 1.29 is 13.2 Å². The van der Waals surface area contributed by atoms with E-state index in [1.807, 2.05) is 0 Å². The van der Waals surface area contributed by atoms with Crippen LogP contribution in [0.2, 0.25) is 0 Å². The Morgan fingerprint density at radius 3 is 2.27 bits per heavy atom. The van der Waals surface area contributed by atoms with Gasteiger partial charge in [0.25, 0.3) is 5.91 Å². The fourth-order valence-electron chi connectivity index (χ4n) is 3.41. The first-order valence-electron chi connectivity index (χ1n) is 10.4. The van der Waals surface area contributed by atoms with E-state index in [0.29, 0.717) is 30.8 Å². The van der Waals surface area contributed by atoms with Crippen LogP contribution in [0.5, 0.6) is 0 Å². The van der Waals surface area contributed by atoms with Gasteiger partial charge in [-0.15, -0.1) is 0 Å². The maximum absolute atomic E-state index is 12.5. The van der Waals surface area contributed by atoms with E-state index in [-0.39, 0.29) is 11.7 Å². The summed E-state index contributed by atoms with van der Waals surface area (Å²) in [4.78, 5) is 12.3. The largest absolute Gasteiger partial charge is 0.351 e. The van der Waals surface area contributed by atoms with E-state index < -0.39 is 10.0 Å². The number of amides is 1. The average molecular weight is 447 g/mol. The number of hydrogen-bond acceptors (Lipinski definition) is 4. The van der Waals surface area contributed by atoms with Crippen molar-refractivity contribution >= 4 is 27.7 Å². The van der Waals surface area contributed by atoms with Crippen LogP contribution in [0.3, 0.4) is 0 Å². The van der Waals surface area contributed by atoms with Crippen molar-refractivity contribution in [2.24, 2.45) is 0 Å². The zero-order chi connectivity index (χ0) is 21.4. The molecule has 1 heterocycles. The van der Waals surface area contributed by atoms with Crippen molar-refractivity contribution in [2.75, 3.05) is 25.4 Å². The molecule has 1 aliphatic heterocycles. The summed E-state index contributed by atoms with van der Waals surface area (Å²) >= 11 is 1.79. The minimum absolute atomic E-state index is 0.00938. The van der Waals surface area contributed by atoms with Crippen LogP contribution in [0.4, 0.5) is 0 Å². The molecule has 7 heteroatoms. The summed E-state index contributed by atoms with van der Waals surface area (Å²) in [6.07, 6.45) is 2.96. The minimum atomic E-state index is -3.29. The summed E-state index contributed by atoms with van der Waals surface area (Å²) < 4.78 is 26.7. The average Bonchev–Trinajstić information content (AvgIpc) is 2.75. The SMILES string of the molecule is Cc1ccc(CSCCNC(=O)c2ccc(CS(=O)(=O)N3CCCCC3)cc2)cc1. The highest BCUT2D eigenvalue weighted by Gasteiger charge is 2.24. The smallest absolute Gasteiger partial charge is 0.251 e. The van der Waals surface area contributed by atoms with Gasteiger partial charge in [-0.1, -0.05) is 48.4 Å². The van der Waals surface area contributed by atoms with Gasteiger partial charge in [-0.25, -0.2) is 12.7 Å². The van der Waals surface area contributed by atoms with Gasteiger partial charge in [0.15, 0.2) is 0 Å². The first-order valence-corrected chi connectivity index (χ1v) is 13.2. The maximum atomic E-state index is 12.5. The zero-order valence-electron chi connectivity index (χ0n) is 17.5. The third kappa shape index (κ3) is 6.86. The van der Waals surface area contributed by atoms with Gasteiger partial charge in [0.2, 0.25) is 10.0 Å². The molecule has 0 spiro atoms. The molecule has 5 nitrogen and oxygen atoms in total. The molecule has 1 N–H and O–H groups in total. The van der Waals surface area contributed by atoms with Crippen molar-refractivity contribution in [1.29, 1.82) is 0 Å². The molecule has 1 fully saturated rings. The second kappa shape index (κ2) is 11.0. The number of nitrogens with one attached hydrogen (secondary N) is 1. The predicted octanol–water partition coefficient (Wildman–Crippen LogP) is 3.97. The van der Waals surface area contributed by atoms with Gasteiger partial charge in [-0.3, -0.25) is 4.79 Å². The molecule has 0 radical (unpaired) electrons. The first kappa shape index (κ1) is 22.8. The Hall–Kier alpha value is -1.83. The Bertz CT molecular complexity index is 920. The Morgan fingerprint density at radius 1 is 0.967 bits per heavy atom. The molecule has 30 heavy (non-hydrogen) atoms. The van der Waals surface area contributed by atoms with E-state index in [4.69, 9.17) is 0 Å². The van der Waals surface area contributed by atoms with E-state index >= 15 is 0 Å². The van der Waals surface area contributed by atoms with Gasteiger partial charge in [0, 0.05) is 36.7 Å². The van der Waals surface area contributed by atoms with Gasteiger partial charge >= 0.3 is 0 Å². The van der Waals surface area contributed by atoms with Crippen LogP contribution < -0.4 is 5.32 Å². The predicted molar refractivity (Wildman–Crippen MR) is 124 cm³/mol. The van der Waals surface area contributed by atoms with E-state index in [0.717, 1.165) is 30.8 Å². The monoisotopic (exact) mass is 446 g/mol. The van der Waals surface area contributed by atoms with Gasteiger partial charge in [-0.05, 0) is 43.0 Å². The van der Waals surface area contributed by atoms with Crippen LogP contribution in [0, 0.1) is 6.92 Å². The maximum Gasteiger partial charge on any atom is 0.251 e. The minimum Gasteiger partial charge on any atom is -0.351 e. The number of nitrogens with zero attached hydrogens (tertiary/aromatic N) is 1. The number of thioether (sulfide) groups is 1. The molecule has 2 aromatic carbocycles. The zero-order valence-corrected chi connectivity index (χ0v) is 19.1. The Kier molecular flexibility index (Phi) is 8.36. The molecule has 0 atom stereocenters. The number of rotatable bonds is 9. The van der Waals surface area contributed by atoms with Crippen molar-refractivity contribution in [3.8, 4) is 0 Å². The highest BCUT2D eigenvalue weighted by molar-refractivity contribution is 7.98. The summed E-state index contributed by atoms with van der Waals surface area (Å²) in [6, 6.07) is 15.4. The second-order valence-corrected chi connectivity index (χ2v) is 10.8. The highest BCUT2D eigenvalue weighted by atomic mass is 32.2. The number of piperidine rings is 1. The number of sulfonamides is 1. The molecule has 162 valence electrons. The van der Waals surface area contributed by atoms with E-state index in [9.17, 15) is 13.2 Å². The lowest BCUT2D eigenvalue weighted by atomic mass is 10.1. The van der Waals surface area contributed by atoms with Crippen LogP contribution >= 0.6 is 11.8 Å². The van der Waals surface area contributed by atoms with Crippen molar-refractivity contribution in [3.63, 3.8) is 0 Å². The molecule has 0 aliphatic carbocycles. The molecular formula is C23H30N2O3S2. The van der Waals surface area contributed by atoms with Gasteiger partial charge in [0.1, 0.15) is 0 Å². The molecule has 0 aromatic heterocycles. The summed E-state index contributed by atoms with van der Waals surface area (Å²) in [5.74, 6) is 1.63. The highest BCUT2D eigenvalue weighted by Crippen LogP contribution is 2.17. The van der Waals surface area contributed by atoms with Crippen LogP contribution in [0.1, 0.15) is 46.3 Å². The van der Waals surface area contributed by atoms with Gasteiger partial charge in [0.05, 0.1) is 5.75 Å². The summed E-state index contributed by atoms with van der Waals surface area (Å²) in [5.41, 5.74) is 3.81. The number of carbonyl (C=O) groups excluding carboxylic acids is 1. The van der Waals surface area contributed by atoms with Crippen LogP contribution in [-0.4, -0.2) is 44.0 Å². The van der Waals surface area contributed by atoms with E-state index in [1.165, 1.54) is 11.1 Å². The normalized spacial score (nSPS) is 15.1. The summed E-state index contributed by atoms with van der Waals surface area (Å²) in [5, 5.41) is 2.93. The molecule has 1 amide bonds. The Labute approximate surface area is 184 Å². The fraction of sp³-hybridized carbons (Fsp3) is 0.435. The van der Waals surface area contributed by atoms with Crippen molar-refractivity contribution in [3.05, 3.63) is 70.8 Å². The Morgan fingerprint density at radius 2 is 1.60 bits per heavy atom. The lowest BCUT2D eigenvalue weighted by Crippen LogP contribution is -2.36. The molecule has 1 saturated heterocycles. The molecular weight excluding hydrogens is 416 g/mol. The van der Waals surface area contributed by atoms with Gasteiger partial charge in [-0.2, -0.15) is 11.8 Å². The second-order valence-electron chi connectivity index (χ2n) is 7.71. The van der Waals surface area contributed by atoms with Crippen molar-refractivity contribution in [2.45, 2.75) is 37.7 Å². The molecule has 0 unspecified atom stereocenters. The Balaban J connectivity index is 1.41. The van der Waals surface area contributed by atoms with Crippen LogP contribution in [-0.2, 0) is 21.5 Å². The number of carbonyl (C=O) groups is 1. The molecule has 0 saturated carbocycles. The van der Waals surface area contributed by atoms with Crippen LogP contribution in [0.15, 0.2) is 48.5 Å². The third-order valence-corrected chi connectivity index (χ3v) is 8.08.